The first kappa shape index (κ1) is 28.8. The van der Waals surface area contributed by atoms with Gasteiger partial charge in [0.1, 0.15) is 11.9 Å². The maximum absolute atomic E-state index is 13.7. The number of amides is 1. The van der Waals surface area contributed by atoms with E-state index in [2.05, 4.69) is 35.0 Å². The molecule has 1 aromatic carbocycles. The summed E-state index contributed by atoms with van der Waals surface area (Å²) in [5.41, 5.74) is 1.71. The zero-order valence-electron chi connectivity index (χ0n) is 23.5. The Kier molecular flexibility index (Phi) is 9.59. The molecule has 1 aromatic heterocycles. The van der Waals surface area contributed by atoms with Crippen molar-refractivity contribution in [1.82, 2.24) is 14.9 Å². The van der Waals surface area contributed by atoms with Gasteiger partial charge in [0.05, 0.1) is 17.7 Å². The Morgan fingerprint density at radius 1 is 1.07 bits per heavy atom. The lowest BCUT2D eigenvalue weighted by Crippen LogP contribution is -2.43. The molecule has 214 valence electrons. The zero-order valence-corrected chi connectivity index (χ0v) is 24.3. The molecule has 2 atom stereocenters. The number of ether oxygens (including phenoxy) is 1. The smallest absolute Gasteiger partial charge is 0.225 e. The van der Waals surface area contributed by atoms with E-state index in [1.54, 1.807) is 12.3 Å². The highest BCUT2D eigenvalue weighted by Crippen LogP contribution is 2.34. The molecule has 5 rings (SSSR count). The van der Waals surface area contributed by atoms with Crippen LogP contribution in [-0.4, -0.2) is 73.0 Å². The van der Waals surface area contributed by atoms with Gasteiger partial charge in [0.25, 0.3) is 0 Å². The molecular weight excluding hydrogens is 526 g/mol. The molecule has 3 heterocycles. The summed E-state index contributed by atoms with van der Waals surface area (Å²) in [6.07, 6.45) is 8.04. The maximum atomic E-state index is 13.7. The highest BCUT2D eigenvalue weighted by molar-refractivity contribution is 6.30. The number of pyridine rings is 1. The lowest BCUT2D eigenvalue weighted by molar-refractivity contribution is -0.243. The van der Waals surface area contributed by atoms with Crippen molar-refractivity contribution < 1.29 is 14.4 Å². The van der Waals surface area contributed by atoms with Crippen molar-refractivity contribution in [2.45, 2.75) is 63.5 Å². The number of hydrogen-bond acceptors (Lipinski definition) is 7. The number of hydroxylamine groups is 2. The van der Waals surface area contributed by atoms with Crippen LogP contribution in [0.4, 0.5) is 5.82 Å². The number of carbonyl (C=O) groups is 1. The molecule has 2 aromatic rings. The third kappa shape index (κ3) is 6.95. The van der Waals surface area contributed by atoms with Crippen molar-refractivity contribution in [2.75, 3.05) is 44.9 Å². The van der Waals surface area contributed by atoms with Crippen molar-refractivity contribution in [3.8, 4) is 6.07 Å². The molecular formula is C31H40ClN5O3. The number of carbonyl (C=O) groups excluding carboxylic acids is 1. The van der Waals surface area contributed by atoms with Gasteiger partial charge in [-0.1, -0.05) is 30.7 Å². The van der Waals surface area contributed by atoms with Gasteiger partial charge < -0.3 is 14.5 Å². The molecule has 0 radical (unpaired) electrons. The Labute approximate surface area is 242 Å². The Hall–Kier alpha value is -2.70. The van der Waals surface area contributed by atoms with Crippen LogP contribution in [0.15, 0.2) is 42.6 Å². The maximum Gasteiger partial charge on any atom is 0.225 e. The van der Waals surface area contributed by atoms with E-state index in [1.807, 2.05) is 35.2 Å². The van der Waals surface area contributed by atoms with E-state index >= 15 is 0 Å². The molecule has 9 heteroatoms. The number of hydrogen-bond donors (Lipinski definition) is 0. The first-order valence-electron chi connectivity index (χ1n) is 14.5. The lowest BCUT2D eigenvalue weighted by Gasteiger charge is -2.34. The fourth-order valence-corrected chi connectivity index (χ4v) is 6.45. The summed E-state index contributed by atoms with van der Waals surface area (Å²) in [6.45, 7) is 5.34. The van der Waals surface area contributed by atoms with Crippen molar-refractivity contribution in [1.29, 1.82) is 5.26 Å². The van der Waals surface area contributed by atoms with Crippen LogP contribution < -0.4 is 4.90 Å². The minimum atomic E-state index is -0.0116. The summed E-state index contributed by atoms with van der Waals surface area (Å²) in [4.78, 5) is 28.5. The van der Waals surface area contributed by atoms with Gasteiger partial charge in [0.15, 0.2) is 6.79 Å². The SMILES string of the molecule is CN(OCO[C@H]1CC[C@H](C)CC1)[C@@H]1CN(C(=O)C2CCN(c3ccc(C#N)cn3)CC2)C[C@H]1c1ccc(Cl)cc1. The van der Waals surface area contributed by atoms with Gasteiger partial charge in [-0.25, -0.2) is 4.98 Å². The average molecular weight is 566 g/mol. The first-order chi connectivity index (χ1) is 19.4. The van der Waals surface area contributed by atoms with E-state index in [0.29, 0.717) is 23.7 Å². The van der Waals surface area contributed by atoms with Crippen molar-refractivity contribution >= 4 is 23.3 Å². The molecule has 0 bridgehead atoms. The summed E-state index contributed by atoms with van der Waals surface area (Å²) in [7, 11) is 1.96. The van der Waals surface area contributed by atoms with E-state index in [0.717, 1.165) is 56.1 Å². The Morgan fingerprint density at radius 2 is 1.80 bits per heavy atom. The quantitative estimate of drug-likeness (QED) is 0.320. The number of anilines is 1. The van der Waals surface area contributed by atoms with Crippen LogP contribution in [-0.2, 0) is 14.4 Å². The second-order valence-corrected chi connectivity index (χ2v) is 12.0. The number of benzene rings is 1. The van der Waals surface area contributed by atoms with E-state index in [9.17, 15) is 4.79 Å². The van der Waals surface area contributed by atoms with Crippen LogP contribution in [0.5, 0.6) is 0 Å². The summed E-state index contributed by atoms with van der Waals surface area (Å²) in [5, 5.41) is 11.6. The molecule has 2 saturated heterocycles. The topological polar surface area (TPSA) is 81.9 Å². The summed E-state index contributed by atoms with van der Waals surface area (Å²) in [5.74, 6) is 1.96. The lowest BCUT2D eigenvalue weighted by atomic mass is 9.89. The molecule has 3 aliphatic rings. The number of likely N-dealkylation sites (N-methyl/N-ethyl adjacent to an activating group) is 1. The van der Waals surface area contributed by atoms with Crippen molar-refractivity contribution in [3.63, 3.8) is 0 Å². The number of rotatable bonds is 8. The molecule has 1 saturated carbocycles. The Balaban J connectivity index is 1.19. The zero-order chi connectivity index (χ0) is 28.1. The molecule has 0 N–H and O–H groups in total. The summed E-state index contributed by atoms with van der Waals surface area (Å²) in [6, 6.07) is 13.8. The van der Waals surface area contributed by atoms with Gasteiger partial charge >= 0.3 is 0 Å². The number of nitriles is 1. The van der Waals surface area contributed by atoms with Gasteiger partial charge in [-0.05, 0) is 74.3 Å². The van der Waals surface area contributed by atoms with Crippen LogP contribution in [0, 0.1) is 23.2 Å². The van der Waals surface area contributed by atoms with Crippen LogP contribution in [0.2, 0.25) is 5.02 Å². The van der Waals surface area contributed by atoms with Gasteiger partial charge in [-0.3, -0.25) is 9.63 Å². The fraction of sp³-hybridized carbons (Fsp3) is 0.581. The monoisotopic (exact) mass is 565 g/mol. The standard InChI is InChI=1S/C31H40ClN5O3/c1-22-3-10-27(11-4-22)39-21-40-35(2)29-20-37(19-28(29)24-6-8-26(32)9-7-24)31(38)25-13-15-36(16-14-25)30-12-5-23(17-33)18-34-30/h5-9,12,18,22,25,27-29H,3-4,10-11,13-16,19-21H2,1-2H3/t22-,27-,28-,29+/m0/s1. The largest absolute Gasteiger partial charge is 0.357 e. The molecule has 0 unspecified atom stereocenters. The van der Waals surface area contributed by atoms with E-state index in [-0.39, 0.29) is 36.7 Å². The molecule has 2 aliphatic heterocycles. The minimum absolute atomic E-state index is 0.0116. The van der Waals surface area contributed by atoms with Gasteiger partial charge in [-0.2, -0.15) is 10.3 Å². The Morgan fingerprint density at radius 3 is 2.45 bits per heavy atom. The minimum Gasteiger partial charge on any atom is -0.357 e. The summed E-state index contributed by atoms with van der Waals surface area (Å²) < 4.78 is 6.06. The number of nitrogens with zero attached hydrogens (tertiary/aromatic N) is 5. The average Bonchev–Trinajstić information content (AvgIpc) is 3.44. The van der Waals surface area contributed by atoms with Crippen LogP contribution in [0.25, 0.3) is 0 Å². The molecule has 40 heavy (non-hydrogen) atoms. The van der Waals surface area contributed by atoms with Gasteiger partial charge in [-0.15, -0.1) is 0 Å². The third-order valence-electron chi connectivity index (χ3n) is 8.93. The molecule has 0 spiro atoms. The molecule has 3 fully saturated rings. The highest BCUT2D eigenvalue weighted by Gasteiger charge is 2.41. The molecule has 1 aliphatic carbocycles. The van der Waals surface area contributed by atoms with Crippen LogP contribution in [0.3, 0.4) is 0 Å². The van der Waals surface area contributed by atoms with Gasteiger partial charge in [0.2, 0.25) is 5.91 Å². The van der Waals surface area contributed by atoms with Gasteiger partial charge in [0, 0.05) is 56.3 Å². The number of halogens is 1. The van der Waals surface area contributed by atoms with E-state index < -0.39 is 0 Å². The second-order valence-electron chi connectivity index (χ2n) is 11.6. The number of aromatic nitrogens is 1. The fourth-order valence-electron chi connectivity index (χ4n) is 6.33. The first-order valence-corrected chi connectivity index (χ1v) is 14.9. The predicted octanol–water partition coefficient (Wildman–Crippen LogP) is 5.23. The highest BCUT2D eigenvalue weighted by atomic mass is 35.5. The van der Waals surface area contributed by atoms with E-state index in [4.69, 9.17) is 26.4 Å². The molecule has 1 amide bonds. The van der Waals surface area contributed by atoms with Crippen molar-refractivity contribution in [2.24, 2.45) is 11.8 Å². The van der Waals surface area contributed by atoms with Crippen molar-refractivity contribution in [3.05, 3.63) is 58.7 Å². The second kappa shape index (κ2) is 13.3. The Bertz CT molecular complexity index is 1150. The summed E-state index contributed by atoms with van der Waals surface area (Å²) >= 11 is 6.18. The predicted molar refractivity (Wildman–Crippen MR) is 155 cm³/mol. The molecule has 8 nitrogen and oxygen atoms in total. The number of piperidine rings is 1. The third-order valence-corrected chi connectivity index (χ3v) is 9.19. The van der Waals surface area contributed by atoms with Crippen LogP contribution >= 0.6 is 11.6 Å². The van der Waals surface area contributed by atoms with E-state index in [1.165, 1.54) is 12.8 Å². The number of likely N-dealkylation sites (tertiary alicyclic amines) is 1. The van der Waals surface area contributed by atoms with Crippen LogP contribution in [0.1, 0.15) is 62.5 Å². The normalized spacial score (nSPS) is 25.8.